The standard InChI is InChI=1S/C11H16N2O4/c1-13-4-3-8(5-10(13)15)11(16)12-6-9(14)7-17-2/h3-5,9,14H,6-7H2,1-2H3,(H,12,16). The smallest absolute Gasteiger partial charge is 0.251 e. The van der Waals surface area contributed by atoms with Crippen LogP contribution in [0.15, 0.2) is 23.1 Å². The van der Waals surface area contributed by atoms with Crippen molar-refractivity contribution in [1.29, 1.82) is 0 Å². The average molecular weight is 240 g/mol. The number of rotatable bonds is 5. The van der Waals surface area contributed by atoms with Crippen LogP contribution in [0, 0.1) is 0 Å². The normalized spacial score (nSPS) is 12.2. The highest BCUT2D eigenvalue weighted by molar-refractivity contribution is 5.93. The number of aryl methyl sites for hydroxylation is 1. The van der Waals surface area contributed by atoms with Gasteiger partial charge in [0, 0.05) is 38.5 Å². The second-order valence-corrected chi connectivity index (χ2v) is 3.68. The summed E-state index contributed by atoms with van der Waals surface area (Å²) in [5.41, 5.74) is 0.0211. The van der Waals surface area contributed by atoms with Gasteiger partial charge in [0.15, 0.2) is 0 Å². The number of nitrogens with zero attached hydrogens (tertiary/aromatic N) is 1. The van der Waals surface area contributed by atoms with E-state index in [1.807, 2.05) is 0 Å². The van der Waals surface area contributed by atoms with Crippen LogP contribution in [0.3, 0.4) is 0 Å². The van der Waals surface area contributed by atoms with Crippen LogP contribution in [0.25, 0.3) is 0 Å². The molecular formula is C11H16N2O4. The van der Waals surface area contributed by atoms with E-state index in [1.54, 1.807) is 13.1 Å². The lowest BCUT2D eigenvalue weighted by molar-refractivity contribution is 0.0609. The van der Waals surface area contributed by atoms with Crippen LogP contribution in [0.1, 0.15) is 10.4 Å². The zero-order valence-corrected chi connectivity index (χ0v) is 9.84. The largest absolute Gasteiger partial charge is 0.389 e. The molecule has 17 heavy (non-hydrogen) atoms. The van der Waals surface area contributed by atoms with Gasteiger partial charge in [-0.25, -0.2) is 0 Å². The highest BCUT2D eigenvalue weighted by Crippen LogP contribution is 1.94. The summed E-state index contributed by atoms with van der Waals surface area (Å²) in [6.07, 6.45) is 0.763. The molecule has 1 atom stereocenters. The minimum absolute atomic E-state index is 0.0852. The number of hydrogen-bond donors (Lipinski definition) is 2. The Morgan fingerprint density at radius 3 is 2.94 bits per heavy atom. The van der Waals surface area contributed by atoms with E-state index in [9.17, 15) is 14.7 Å². The van der Waals surface area contributed by atoms with E-state index >= 15 is 0 Å². The molecule has 1 unspecified atom stereocenters. The first-order valence-corrected chi connectivity index (χ1v) is 5.16. The molecule has 0 bridgehead atoms. The Labute approximate surface area is 98.8 Å². The maximum Gasteiger partial charge on any atom is 0.251 e. The van der Waals surface area contributed by atoms with Crippen molar-refractivity contribution >= 4 is 5.91 Å². The van der Waals surface area contributed by atoms with Crippen LogP contribution in [-0.2, 0) is 11.8 Å². The van der Waals surface area contributed by atoms with Crippen LogP contribution in [0.2, 0.25) is 0 Å². The Balaban J connectivity index is 2.58. The molecule has 2 N–H and O–H groups in total. The monoisotopic (exact) mass is 240 g/mol. The van der Waals surface area contributed by atoms with Gasteiger partial charge in [-0.15, -0.1) is 0 Å². The molecule has 0 aliphatic carbocycles. The summed E-state index contributed by atoms with van der Waals surface area (Å²) < 4.78 is 6.09. The van der Waals surface area contributed by atoms with Crippen LogP contribution in [0.5, 0.6) is 0 Å². The zero-order valence-electron chi connectivity index (χ0n) is 9.84. The average Bonchev–Trinajstić information content (AvgIpc) is 2.30. The maximum atomic E-state index is 11.6. The van der Waals surface area contributed by atoms with Gasteiger partial charge in [-0.05, 0) is 6.07 Å². The number of amides is 1. The van der Waals surface area contributed by atoms with Gasteiger partial charge in [-0.3, -0.25) is 9.59 Å². The van der Waals surface area contributed by atoms with E-state index in [1.165, 1.54) is 23.9 Å². The van der Waals surface area contributed by atoms with E-state index < -0.39 is 12.0 Å². The molecule has 0 saturated heterocycles. The molecule has 0 spiro atoms. The summed E-state index contributed by atoms with van der Waals surface area (Å²) >= 11 is 0. The van der Waals surface area contributed by atoms with E-state index in [0.717, 1.165) is 0 Å². The first-order chi connectivity index (χ1) is 8.04. The second-order valence-electron chi connectivity index (χ2n) is 3.68. The number of hydrogen-bond acceptors (Lipinski definition) is 4. The predicted molar refractivity (Wildman–Crippen MR) is 61.9 cm³/mol. The zero-order chi connectivity index (χ0) is 12.8. The molecule has 1 rings (SSSR count). The van der Waals surface area contributed by atoms with Crippen LogP contribution >= 0.6 is 0 Å². The molecule has 6 nitrogen and oxygen atoms in total. The van der Waals surface area contributed by atoms with Gasteiger partial charge in [0.2, 0.25) is 0 Å². The van der Waals surface area contributed by atoms with Crippen molar-refractivity contribution in [2.75, 3.05) is 20.3 Å². The molecule has 1 aromatic rings. The number of carbonyl (C=O) groups is 1. The van der Waals surface area contributed by atoms with Crippen LogP contribution in [0.4, 0.5) is 0 Å². The first kappa shape index (κ1) is 13.4. The fourth-order valence-corrected chi connectivity index (χ4v) is 1.25. The number of methoxy groups -OCH3 is 1. The molecule has 1 amide bonds. The van der Waals surface area contributed by atoms with Gasteiger partial charge >= 0.3 is 0 Å². The van der Waals surface area contributed by atoms with E-state index in [-0.39, 0.29) is 24.3 Å². The third-order valence-electron chi connectivity index (χ3n) is 2.22. The molecule has 0 aliphatic rings. The summed E-state index contributed by atoms with van der Waals surface area (Å²) in [5.74, 6) is -0.391. The molecule has 0 aromatic carbocycles. The lowest BCUT2D eigenvalue weighted by Gasteiger charge is -2.10. The van der Waals surface area contributed by atoms with Crippen molar-refractivity contribution in [3.63, 3.8) is 0 Å². The van der Waals surface area contributed by atoms with Crippen molar-refractivity contribution in [1.82, 2.24) is 9.88 Å². The topological polar surface area (TPSA) is 80.6 Å². The summed E-state index contributed by atoms with van der Waals surface area (Å²) in [6.45, 7) is 0.235. The van der Waals surface area contributed by atoms with Crippen molar-refractivity contribution in [2.24, 2.45) is 7.05 Å². The molecule has 1 aromatic heterocycles. The van der Waals surface area contributed by atoms with E-state index in [2.05, 4.69) is 5.32 Å². The van der Waals surface area contributed by atoms with Crippen LogP contribution < -0.4 is 10.9 Å². The Bertz CT molecular complexity index is 441. The van der Waals surface area contributed by atoms with Gasteiger partial charge < -0.3 is 19.7 Å². The van der Waals surface area contributed by atoms with Crippen molar-refractivity contribution in [2.45, 2.75) is 6.10 Å². The molecule has 6 heteroatoms. The van der Waals surface area contributed by atoms with Crippen molar-refractivity contribution < 1.29 is 14.6 Å². The summed E-state index contributed by atoms with van der Waals surface area (Å²) in [7, 11) is 3.07. The molecule has 0 radical (unpaired) electrons. The fraction of sp³-hybridized carbons (Fsp3) is 0.455. The Kier molecular flexibility index (Phi) is 4.86. The van der Waals surface area contributed by atoms with Gasteiger partial charge in [0.1, 0.15) is 0 Å². The number of aromatic nitrogens is 1. The van der Waals surface area contributed by atoms with E-state index in [0.29, 0.717) is 0 Å². The molecule has 94 valence electrons. The minimum atomic E-state index is -0.754. The lowest BCUT2D eigenvalue weighted by atomic mass is 10.2. The number of carbonyl (C=O) groups excluding carboxylic acids is 1. The highest BCUT2D eigenvalue weighted by atomic mass is 16.5. The predicted octanol–water partition coefficient (Wildman–Crippen LogP) is -0.878. The molecule has 0 fully saturated rings. The van der Waals surface area contributed by atoms with Gasteiger partial charge in [0.05, 0.1) is 12.7 Å². The molecular weight excluding hydrogens is 224 g/mol. The molecule has 0 aliphatic heterocycles. The number of pyridine rings is 1. The van der Waals surface area contributed by atoms with Gasteiger partial charge in [0.25, 0.3) is 11.5 Å². The third-order valence-corrected chi connectivity index (χ3v) is 2.22. The van der Waals surface area contributed by atoms with E-state index in [4.69, 9.17) is 4.74 Å². The Morgan fingerprint density at radius 1 is 1.65 bits per heavy atom. The fourth-order valence-electron chi connectivity index (χ4n) is 1.25. The summed E-state index contributed by atoms with van der Waals surface area (Å²) in [4.78, 5) is 22.9. The SMILES string of the molecule is COCC(O)CNC(=O)c1ccn(C)c(=O)c1. The van der Waals surface area contributed by atoms with Crippen molar-refractivity contribution in [3.05, 3.63) is 34.2 Å². The lowest BCUT2D eigenvalue weighted by Crippen LogP contribution is -2.35. The third kappa shape index (κ3) is 4.01. The molecule has 1 heterocycles. The van der Waals surface area contributed by atoms with Gasteiger partial charge in [-0.2, -0.15) is 0 Å². The highest BCUT2D eigenvalue weighted by Gasteiger charge is 2.09. The summed E-state index contributed by atoms with van der Waals surface area (Å²) in [5, 5.41) is 11.9. The maximum absolute atomic E-state index is 11.6. The second kappa shape index (κ2) is 6.17. The van der Waals surface area contributed by atoms with Crippen LogP contribution in [-0.4, -0.2) is 41.9 Å². The minimum Gasteiger partial charge on any atom is -0.389 e. The number of nitrogens with one attached hydrogen (secondary N) is 1. The Morgan fingerprint density at radius 2 is 2.35 bits per heavy atom. The van der Waals surface area contributed by atoms with Crippen molar-refractivity contribution in [3.8, 4) is 0 Å². The number of aliphatic hydroxyl groups is 1. The quantitative estimate of drug-likeness (QED) is 0.700. The molecule has 0 saturated carbocycles. The number of ether oxygens (including phenoxy) is 1. The summed E-state index contributed by atoms with van der Waals surface area (Å²) in [6, 6.07) is 2.79. The first-order valence-electron chi connectivity index (χ1n) is 5.16. The Hall–Kier alpha value is -1.66. The van der Waals surface area contributed by atoms with Gasteiger partial charge in [-0.1, -0.05) is 0 Å². The number of aliphatic hydroxyl groups excluding tert-OH is 1.